The zero-order chi connectivity index (χ0) is 20.1. The maximum Gasteiger partial charge on any atom is 0.341 e. The summed E-state index contributed by atoms with van der Waals surface area (Å²) in [6, 6.07) is 10.7. The van der Waals surface area contributed by atoms with E-state index in [9.17, 15) is 9.59 Å². The van der Waals surface area contributed by atoms with Crippen molar-refractivity contribution in [2.45, 2.75) is 38.0 Å². The van der Waals surface area contributed by atoms with Gasteiger partial charge in [-0.2, -0.15) is 4.57 Å². The summed E-state index contributed by atoms with van der Waals surface area (Å²) in [4.78, 5) is 26.0. The number of Topliss-reactive ketones (excluding diaryl/α,β-unsaturated/α-hetero) is 1. The van der Waals surface area contributed by atoms with Gasteiger partial charge < -0.3 is 9.84 Å². The number of carboxylic acids is 1. The average Bonchev–Trinajstić information content (AvgIpc) is 2.69. The third-order valence-electron chi connectivity index (χ3n) is 5.26. The number of halogens is 1. The molecule has 0 bridgehead atoms. The highest BCUT2D eigenvalue weighted by atomic mass is 35.5. The van der Waals surface area contributed by atoms with E-state index >= 15 is 0 Å². The standard InChI is InChI=1S/C21H23ClN2O4/c1-23(14-28-15-24-12-6-7-16(13-24)20(26)27)21(11-5-4-10-19(21)25)17-8-2-3-9-18(17)22/h2-3,6-9,12-13H,4-5,10-11,14-15H2,1H3/p+1. The highest BCUT2D eigenvalue weighted by Crippen LogP contribution is 2.42. The molecule has 1 atom stereocenters. The molecule has 0 spiro atoms. The van der Waals surface area contributed by atoms with Crippen LogP contribution in [0.25, 0.3) is 0 Å². The van der Waals surface area contributed by atoms with Gasteiger partial charge >= 0.3 is 5.97 Å². The molecule has 0 aliphatic heterocycles. The Morgan fingerprint density at radius 1 is 1.29 bits per heavy atom. The van der Waals surface area contributed by atoms with Gasteiger partial charge in [-0.15, -0.1) is 0 Å². The molecule has 1 saturated carbocycles. The molecule has 0 amide bonds. The SMILES string of the molecule is CN(COC[n+]1cccc(C(=O)O)c1)C1(c2ccccc2Cl)CCCCC1=O. The minimum Gasteiger partial charge on any atom is -0.477 e. The van der Waals surface area contributed by atoms with E-state index in [-0.39, 0.29) is 24.8 Å². The van der Waals surface area contributed by atoms with Crippen LogP contribution in [0.3, 0.4) is 0 Å². The van der Waals surface area contributed by atoms with Crippen LogP contribution < -0.4 is 4.57 Å². The number of aromatic nitrogens is 1. The Labute approximate surface area is 169 Å². The van der Waals surface area contributed by atoms with Crippen molar-refractivity contribution in [3.8, 4) is 0 Å². The molecule has 0 saturated heterocycles. The van der Waals surface area contributed by atoms with E-state index in [0.717, 1.165) is 18.4 Å². The molecule has 7 heteroatoms. The second-order valence-electron chi connectivity index (χ2n) is 7.04. The van der Waals surface area contributed by atoms with Crippen molar-refractivity contribution in [2.75, 3.05) is 13.8 Å². The Morgan fingerprint density at radius 2 is 2.07 bits per heavy atom. The summed E-state index contributed by atoms with van der Waals surface area (Å²) >= 11 is 6.45. The van der Waals surface area contributed by atoms with Crippen molar-refractivity contribution in [1.82, 2.24) is 4.90 Å². The van der Waals surface area contributed by atoms with E-state index in [2.05, 4.69) is 0 Å². The number of aromatic carboxylic acids is 1. The van der Waals surface area contributed by atoms with Crippen LogP contribution in [0.1, 0.15) is 41.6 Å². The summed E-state index contributed by atoms with van der Waals surface area (Å²) in [5.41, 5.74) is 0.201. The molecular formula is C21H24ClN2O4+. The first-order valence-corrected chi connectivity index (χ1v) is 9.62. The van der Waals surface area contributed by atoms with E-state index in [0.29, 0.717) is 17.9 Å². The topological polar surface area (TPSA) is 70.7 Å². The number of hydrogen-bond acceptors (Lipinski definition) is 4. The number of nitrogens with zero attached hydrogens (tertiary/aromatic N) is 2. The first kappa shape index (κ1) is 20.5. The minimum absolute atomic E-state index is 0.151. The van der Waals surface area contributed by atoms with Crippen molar-refractivity contribution in [2.24, 2.45) is 0 Å². The van der Waals surface area contributed by atoms with Gasteiger partial charge in [0.25, 0.3) is 6.73 Å². The van der Waals surface area contributed by atoms with Gasteiger partial charge in [-0.25, -0.2) is 4.79 Å². The molecule has 1 aliphatic carbocycles. The molecule has 2 aromatic rings. The summed E-state index contributed by atoms with van der Waals surface area (Å²) < 4.78 is 7.46. The van der Waals surface area contributed by atoms with E-state index < -0.39 is 11.5 Å². The molecule has 1 aromatic heterocycles. The van der Waals surface area contributed by atoms with Gasteiger partial charge in [0, 0.05) is 17.5 Å². The van der Waals surface area contributed by atoms with Gasteiger partial charge in [0.05, 0.1) is 0 Å². The second-order valence-corrected chi connectivity index (χ2v) is 7.45. The monoisotopic (exact) mass is 403 g/mol. The van der Waals surface area contributed by atoms with Gasteiger partial charge in [-0.1, -0.05) is 36.2 Å². The van der Waals surface area contributed by atoms with E-state index in [1.165, 1.54) is 12.3 Å². The Balaban J connectivity index is 1.77. The van der Waals surface area contributed by atoms with Crippen LogP contribution in [0.5, 0.6) is 0 Å². The van der Waals surface area contributed by atoms with Crippen LogP contribution >= 0.6 is 11.6 Å². The van der Waals surface area contributed by atoms with Crippen LogP contribution in [0.15, 0.2) is 48.8 Å². The molecule has 1 aromatic carbocycles. The number of pyridine rings is 1. The first-order chi connectivity index (χ1) is 13.4. The Kier molecular flexibility index (Phi) is 6.44. The Morgan fingerprint density at radius 3 is 2.79 bits per heavy atom. The van der Waals surface area contributed by atoms with Gasteiger partial charge in [0.2, 0.25) is 0 Å². The lowest BCUT2D eigenvalue weighted by atomic mass is 9.74. The minimum atomic E-state index is -0.989. The third-order valence-corrected chi connectivity index (χ3v) is 5.58. The predicted molar refractivity (Wildman–Crippen MR) is 104 cm³/mol. The van der Waals surface area contributed by atoms with Crippen LogP contribution in [-0.2, 0) is 21.8 Å². The first-order valence-electron chi connectivity index (χ1n) is 9.25. The summed E-state index contributed by atoms with van der Waals surface area (Å²) in [6.07, 6.45) is 6.29. The van der Waals surface area contributed by atoms with Crippen LogP contribution in [-0.4, -0.2) is 35.5 Å². The van der Waals surface area contributed by atoms with Crippen LogP contribution in [0.4, 0.5) is 0 Å². The number of rotatable bonds is 7. The average molecular weight is 404 g/mol. The normalized spacial score (nSPS) is 19.8. The zero-order valence-electron chi connectivity index (χ0n) is 15.8. The van der Waals surface area contributed by atoms with Gasteiger partial charge in [-0.3, -0.25) is 9.69 Å². The molecule has 1 fully saturated rings. The fourth-order valence-corrected chi connectivity index (χ4v) is 4.12. The second kappa shape index (κ2) is 8.82. The maximum absolute atomic E-state index is 13.0. The lowest BCUT2D eigenvalue weighted by molar-refractivity contribution is -0.733. The number of benzene rings is 1. The molecule has 1 N–H and O–H groups in total. The molecule has 1 aliphatic rings. The summed E-state index contributed by atoms with van der Waals surface area (Å²) in [6.45, 7) is 0.388. The third kappa shape index (κ3) is 4.09. The zero-order valence-corrected chi connectivity index (χ0v) is 16.6. The van der Waals surface area contributed by atoms with Gasteiger partial charge in [-0.05, 0) is 37.6 Å². The highest BCUT2D eigenvalue weighted by molar-refractivity contribution is 6.31. The molecule has 3 rings (SSSR count). The summed E-state index contributed by atoms with van der Waals surface area (Å²) in [7, 11) is 1.87. The van der Waals surface area contributed by atoms with E-state index in [1.807, 2.05) is 36.2 Å². The molecule has 28 heavy (non-hydrogen) atoms. The molecule has 1 unspecified atom stereocenters. The number of carbonyl (C=O) groups excluding carboxylic acids is 1. The van der Waals surface area contributed by atoms with Crippen molar-refractivity contribution >= 4 is 23.4 Å². The number of ether oxygens (including phenoxy) is 1. The van der Waals surface area contributed by atoms with Gasteiger partial charge in [0.15, 0.2) is 18.2 Å². The maximum atomic E-state index is 13.0. The number of ketones is 1. The number of hydrogen-bond donors (Lipinski definition) is 1. The van der Waals surface area contributed by atoms with Crippen LogP contribution in [0.2, 0.25) is 5.02 Å². The van der Waals surface area contributed by atoms with Crippen molar-refractivity contribution in [3.05, 3.63) is 64.9 Å². The van der Waals surface area contributed by atoms with E-state index in [1.54, 1.807) is 16.8 Å². The molecular weight excluding hydrogens is 380 g/mol. The lowest BCUT2D eigenvalue weighted by Gasteiger charge is -2.43. The highest BCUT2D eigenvalue weighted by Gasteiger charge is 2.46. The summed E-state index contributed by atoms with van der Waals surface area (Å²) in [5, 5.41) is 9.67. The fourth-order valence-electron chi connectivity index (χ4n) is 3.83. The van der Waals surface area contributed by atoms with Crippen molar-refractivity contribution in [1.29, 1.82) is 0 Å². The fraction of sp³-hybridized carbons (Fsp3) is 0.381. The van der Waals surface area contributed by atoms with Crippen molar-refractivity contribution in [3.63, 3.8) is 0 Å². The quantitative estimate of drug-likeness (QED) is 0.567. The molecule has 1 heterocycles. The Bertz CT molecular complexity index is 873. The number of likely N-dealkylation sites (N-methyl/N-ethyl adjacent to an activating group) is 1. The number of carboxylic acid groups (broad SMARTS) is 1. The van der Waals surface area contributed by atoms with Crippen LogP contribution in [0, 0.1) is 0 Å². The van der Waals surface area contributed by atoms with Crippen molar-refractivity contribution < 1.29 is 24.0 Å². The molecule has 6 nitrogen and oxygen atoms in total. The summed E-state index contributed by atoms with van der Waals surface area (Å²) in [5.74, 6) is -0.838. The Hall–Kier alpha value is -2.28. The number of carbonyl (C=O) groups is 2. The van der Waals surface area contributed by atoms with E-state index in [4.69, 9.17) is 21.4 Å². The largest absolute Gasteiger partial charge is 0.477 e. The molecule has 148 valence electrons. The smallest absolute Gasteiger partial charge is 0.341 e. The lowest BCUT2D eigenvalue weighted by Crippen LogP contribution is -2.53. The molecule has 0 radical (unpaired) electrons. The predicted octanol–water partition coefficient (Wildman–Crippen LogP) is 3.23. The van der Waals surface area contributed by atoms with Gasteiger partial charge in [0.1, 0.15) is 17.8 Å².